The molecule has 1 heterocycles. The molecule has 0 saturated carbocycles. The molecule has 0 saturated heterocycles. The zero-order valence-corrected chi connectivity index (χ0v) is 16.3. The third kappa shape index (κ3) is 3.28. The maximum atomic E-state index is 11.4. The van der Waals surface area contributed by atoms with Crippen LogP contribution < -0.4 is 0 Å². The van der Waals surface area contributed by atoms with Crippen LogP contribution in [0.25, 0.3) is 11.1 Å². The van der Waals surface area contributed by atoms with Crippen molar-refractivity contribution in [3.05, 3.63) is 58.7 Å². The van der Waals surface area contributed by atoms with E-state index in [2.05, 4.69) is 50.2 Å². The first-order chi connectivity index (χ1) is 12.3. The largest absolute Gasteiger partial charge is 0.363 e. The summed E-state index contributed by atoms with van der Waals surface area (Å²) in [6, 6.07) is 13.3. The molecule has 1 aliphatic carbocycles. The van der Waals surface area contributed by atoms with Gasteiger partial charge in [-0.25, -0.2) is 0 Å². The summed E-state index contributed by atoms with van der Waals surface area (Å²) in [5.41, 5.74) is 8.68. The lowest BCUT2D eigenvalue weighted by molar-refractivity contribution is -0.761. The minimum absolute atomic E-state index is 0.609. The van der Waals surface area contributed by atoms with Gasteiger partial charge in [-0.05, 0) is 63.4 Å². The first kappa shape index (κ1) is 17.3. The summed E-state index contributed by atoms with van der Waals surface area (Å²) in [6.45, 7) is 5.10. The highest BCUT2D eigenvalue weighted by Gasteiger charge is 2.34. The van der Waals surface area contributed by atoms with Crippen LogP contribution in [0.15, 0.2) is 36.4 Å². The van der Waals surface area contributed by atoms with E-state index in [4.69, 9.17) is 4.28 Å². The predicted molar refractivity (Wildman–Crippen MR) is 103 cm³/mol. The Labute approximate surface area is 155 Å². The fourth-order valence-electron chi connectivity index (χ4n) is 3.86. The Balaban J connectivity index is 1.67. The quantitative estimate of drug-likeness (QED) is 0.645. The molecule has 0 fully saturated rings. The second-order valence-electron chi connectivity index (χ2n) is 7.72. The molecule has 0 radical (unpaired) electrons. The highest BCUT2D eigenvalue weighted by molar-refractivity contribution is 7.85. The molecule has 5 heteroatoms. The van der Waals surface area contributed by atoms with Crippen molar-refractivity contribution in [2.75, 3.05) is 12.8 Å². The second-order valence-corrected chi connectivity index (χ2v) is 9.27. The number of rotatable bonds is 5. The van der Waals surface area contributed by atoms with E-state index in [0.29, 0.717) is 12.5 Å². The van der Waals surface area contributed by atoms with Gasteiger partial charge in [0, 0.05) is 5.56 Å². The van der Waals surface area contributed by atoms with E-state index < -0.39 is 10.1 Å². The molecule has 0 N–H and O–H groups in total. The highest BCUT2D eigenvalue weighted by atomic mass is 32.2. The summed E-state index contributed by atoms with van der Waals surface area (Å²) in [7, 11) is -3.49. The van der Waals surface area contributed by atoms with Gasteiger partial charge in [-0.15, -0.1) is 4.28 Å². The topological polar surface area (TPSA) is 46.4 Å². The lowest BCUT2D eigenvalue weighted by Gasteiger charge is -2.14. The summed E-state index contributed by atoms with van der Waals surface area (Å²) in [6.07, 6.45) is 3.94. The molecule has 2 aromatic rings. The lowest BCUT2D eigenvalue weighted by atomic mass is 9.96. The van der Waals surface area contributed by atoms with E-state index in [1.165, 1.54) is 32.6 Å². The number of fused-ring (bicyclic) bond motifs is 3. The fraction of sp³-hybridized carbons (Fsp3) is 0.381. The van der Waals surface area contributed by atoms with Gasteiger partial charge >= 0.3 is 10.1 Å². The van der Waals surface area contributed by atoms with Gasteiger partial charge < -0.3 is 0 Å². The average molecular weight is 370 g/mol. The van der Waals surface area contributed by atoms with Gasteiger partial charge in [0.1, 0.15) is 6.42 Å². The smallest absolute Gasteiger partial charge is 0.181 e. The molecule has 0 bridgehead atoms. The Morgan fingerprint density at radius 2 is 1.88 bits per heavy atom. The predicted octanol–water partition coefficient (Wildman–Crippen LogP) is 3.55. The minimum atomic E-state index is -3.49. The average Bonchev–Trinajstić information content (AvgIpc) is 2.87. The SMILES string of the molecule is CC(C)Cc1ccc2c(c1)-c1ccc(C3=[N+](OS(C)(=O)=O)CC3)cc1C2. The number of nitrogens with zero attached hydrogens (tertiary/aromatic N) is 1. The van der Waals surface area contributed by atoms with Crippen molar-refractivity contribution in [2.24, 2.45) is 5.92 Å². The van der Waals surface area contributed by atoms with Crippen LogP contribution in [-0.4, -0.2) is 31.7 Å². The molecule has 4 rings (SSSR count). The Morgan fingerprint density at radius 1 is 1.08 bits per heavy atom. The van der Waals surface area contributed by atoms with Gasteiger partial charge in [-0.1, -0.05) is 38.1 Å². The van der Waals surface area contributed by atoms with Gasteiger partial charge in [-0.3, -0.25) is 0 Å². The third-order valence-corrected chi connectivity index (χ3v) is 5.46. The summed E-state index contributed by atoms with van der Waals surface area (Å²) in [5.74, 6) is 0.646. The fourth-order valence-corrected chi connectivity index (χ4v) is 4.35. The van der Waals surface area contributed by atoms with E-state index in [-0.39, 0.29) is 0 Å². The highest BCUT2D eigenvalue weighted by Crippen LogP contribution is 2.38. The van der Waals surface area contributed by atoms with Crippen LogP contribution in [0.5, 0.6) is 0 Å². The van der Waals surface area contributed by atoms with Gasteiger partial charge in [0.05, 0.1) is 6.26 Å². The molecule has 2 aromatic carbocycles. The van der Waals surface area contributed by atoms with Gasteiger partial charge in [0.2, 0.25) is 12.3 Å². The Morgan fingerprint density at radius 3 is 2.54 bits per heavy atom. The zero-order valence-electron chi connectivity index (χ0n) is 15.5. The number of hydroxylamine groups is 1. The normalized spacial score (nSPS) is 15.7. The van der Waals surface area contributed by atoms with Crippen LogP contribution in [0, 0.1) is 5.92 Å². The van der Waals surface area contributed by atoms with E-state index >= 15 is 0 Å². The number of hydrogen-bond acceptors (Lipinski definition) is 3. The first-order valence-corrected chi connectivity index (χ1v) is 10.9. The molecule has 1 aliphatic heterocycles. The van der Waals surface area contributed by atoms with Crippen molar-refractivity contribution in [2.45, 2.75) is 33.1 Å². The van der Waals surface area contributed by atoms with E-state index in [1.807, 2.05) is 0 Å². The number of hydrogen-bond donors (Lipinski definition) is 0. The third-order valence-electron chi connectivity index (χ3n) is 5.01. The van der Waals surface area contributed by atoms with Crippen molar-refractivity contribution in [3.8, 4) is 11.1 Å². The molecule has 0 aromatic heterocycles. The van der Waals surface area contributed by atoms with E-state index in [1.54, 1.807) is 0 Å². The Kier molecular flexibility index (Phi) is 4.14. The molecule has 26 heavy (non-hydrogen) atoms. The standard InChI is InChI=1S/C21H24NO3S/c1-14(2)10-15-4-5-16-12-18-13-17(6-7-19(18)20(16)11-15)21-8-9-22(21)25-26(3,23)24/h4-7,11,13-14H,8-10,12H2,1-3H3/q+1. The van der Waals surface area contributed by atoms with Crippen LogP contribution in [0.1, 0.15) is 42.5 Å². The summed E-state index contributed by atoms with van der Waals surface area (Å²) >= 11 is 0. The maximum Gasteiger partial charge on any atom is 0.363 e. The van der Waals surface area contributed by atoms with Gasteiger partial charge in [0.25, 0.3) is 0 Å². The Hall–Kier alpha value is -2.14. The second kappa shape index (κ2) is 6.23. The molecule has 4 nitrogen and oxygen atoms in total. The van der Waals surface area contributed by atoms with Crippen LogP contribution in [0.2, 0.25) is 0 Å². The van der Waals surface area contributed by atoms with Crippen LogP contribution in [-0.2, 0) is 27.2 Å². The van der Waals surface area contributed by atoms with E-state index in [0.717, 1.165) is 36.8 Å². The van der Waals surface area contributed by atoms with Crippen LogP contribution in [0.3, 0.4) is 0 Å². The molecule has 0 unspecified atom stereocenters. The van der Waals surface area contributed by atoms with Gasteiger partial charge in [0.15, 0.2) is 0 Å². The molecular formula is C21H24NO3S+. The molecular weight excluding hydrogens is 346 g/mol. The molecule has 2 aliphatic rings. The van der Waals surface area contributed by atoms with Crippen molar-refractivity contribution in [3.63, 3.8) is 0 Å². The summed E-state index contributed by atoms with van der Waals surface area (Å²) in [5, 5.41) is 0. The van der Waals surface area contributed by atoms with Gasteiger partial charge in [-0.2, -0.15) is 8.42 Å². The van der Waals surface area contributed by atoms with Crippen molar-refractivity contribution < 1.29 is 17.4 Å². The molecule has 136 valence electrons. The minimum Gasteiger partial charge on any atom is -0.181 e. The zero-order chi connectivity index (χ0) is 18.5. The van der Waals surface area contributed by atoms with Crippen molar-refractivity contribution in [1.29, 1.82) is 0 Å². The molecule has 0 spiro atoms. The lowest BCUT2D eigenvalue weighted by Crippen LogP contribution is -2.36. The summed E-state index contributed by atoms with van der Waals surface area (Å²) in [4.78, 5) is 0. The van der Waals surface area contributed by atoms with Crippen LogP contribution in [0.4, 0.5) is 0 Å². The van der Waals surface area contributed by atoms with Crippen molar-refractivity contribution in [1.82, 2.24) is 0 Å². The maximum absolute atomic E-state index is 11.4. The molecule has 0 atom stereocenters. The Bertz CT molecular complexity index is 1020. The van der Waals surface area contributed by atoms with Crippen molar-refractivity contribution >= 4 is 15.8 Å². The number of benzene rings is 2. The van der Waals surface area contributed by atoms with Crippen LogP contribution >= 0.6 is 0 Å². The summed E-state index contributed by atoms with van der Waals surface area (Å²) < 4.78 is 29.3. The van der Waals surface area contributed by atoms with E-state index in [9.17, 15) is 8.42 Å². The molecule has 0 amide bonds. The monoisotopic (exact) mass is 370 g/mol. The first-order valence-electron chi connectivity index (χ1n) is 9.08.